The smallest absolute Gasteiger partial charge is 0.0376 e. The van der Waals surface area contributed by atoms with Crippen molar-refractivity contribution in [1.82, 2.24) is 5.32 Å². The molecule has 0 saturated heterocycles. The Balaban J connectivity index is 1.75. The molecule has 2 N–H and O–H groups in total. The second-order valence-corrected chi connectivity index (χ2v) is 6.81. The molecule has 0 saturated carbocycles. The molecule has 112 valence electrons. The van der Waals surface area contributed by atoms with Crippen molar-refractivity contribution in [2.75, 3.05) is 25.0 Å². The van der Waals surface area contributed by atoms with E-state index in [9.17, 15) is 0 Å². The van der Waals surface area contributed by atoms with Gasteiger partial charge in [0.05, 0.1) is 0 Å². The molecule has 0 aliphatic carbocycles. The molecule has 2 rings (SSSR count). The lowest BCUT2D eigenvalue weighted by Gasteiger charge is -2.25. The van der Waals surface area contributed by atoms with Crippen LogP contribution in [0, 0.1) is 17.8 Å². The van der Waals surface area contributed by atoms with Crippen LogP contribution < -0.4 is 10.6 Å². The fraction of sp³-hybridized carbons (Fsp3) is 0.667. The van der Waals surface area contributed by atoms with E-state index < -0.39 is 0 Å². The average molecular weight is 274 g/mol. The van der Waals surface area contributed by atoms with E-state index in [4.69, 9.17) is 0 Å². The van der Waals surface area contributed by atoms with Crippen LogP contribution in [0.5, 0.6) is 0 Å². The van der Waals surface area contributed by atoms with Crippen LogP contribution in [-0.4, -0.2) is 19.6 Å². The van der Waals surface area contributed by atoms with Gasteiger partial charge in [-0.25, -0.2) is 0 Å². The molecule has 2 heteroatoms. The van der Waals surface area contributed by atoms with Gasteiger partial charge in [-0.1, -0.05) is 45.9 Å². The van der Waals surface area contributed by atoms with Crippen molar-refractivity contribution in [3.63, 3.8) is 0 Å². The zero-order valence-electron chi connectivity index (χ0n) is 13.4. The summed E-state index contributed by atoms with van der Waals surface area (Å²) < 4.78 is 0. The first-order valence-electron chi connectivity index (χ1n) is 8.13. The minimum atomic E-state index is 0.676. The molecular weight excluding hydrogens is 244 g/mol. The molecule has 1 unspecified atom stereocenters. The van der Waals surface area contributed by atoms with Gasteiger partial charge in [-0.15, -0.1) is 0 Å². The highest BCUT2D eigenvalue weighted by atomic mass is 14.9. The Morgan fingerprint density at radius 3 is 2.55 bits per heavy atom. The third kappa shape index (κ3) is 3.76. The van der Waals surface area contributed by atoms with Crippen molar-refractivity contribution in [1.29, 1.82) is 0 Å². The first kappa shape index (κ1) is 15.4. The summed E-state index contributed by atoms with van der Waals surface area (Å²) in [7, 11) is 0. The number of benzene rings is 1. The van der Waals surface area contributed by atoms with Crippen LogP contribution in [0.2, 0.25) is 0 Å². The Morgan fingerprint density at radius 2 is 1.85 bits per heavy atom. The van der Waals surface area contributed by atoms with Crippen molar-refractivity contribution in [2.45, 2.75) is 40.0 Å². The molecule has 0 amide bonds. The van der Waals surface area contributed by atoms with E-state index in [0.717, 1.165) is 37.4 Å². The molecule has 1 atom stereocenters. The number of nitrogens with one attached hydrogen (secondary N) is 2. The van der Waals surface area contributed by atoms with Gasteiger partial charge in [0.25, 0.3) is 0 Å². The minimum Gasteiger partial charge on any atom is -0.384 e. The topological polar surface area (TPSA) is 24.1 Å². The summed E-state index contributed by atoms with van der Waals surface area (Å²) in [6.45, 7) is 12.7. The van der Waals surface area contributed by atoms with Crippen LogP contribution in [0.25, 0.3) is 0 Å². The van der Waals surface area contributed by atoms with Crippen molar-refractivity contribution < 1.29 is 0 Å². The summed E-state index contributed by atoms with van der Waals surface area (Å²) in [6.07, 6.45) is 1.23. The molecule has 20 heavy (non-hydrogen) atoms. The van der Waals surface area contributed by atoms with Crippen LogP contribution in [0.1, 0.15) is 45.6 Å². The summed E-state index contributed by atoms with van der Waals surface area (Å²) in [5.74, 6) is 2.98. The zero-order valence-corrected chi connectivity index (χ0v) is 13.4. The summed E-state index contributed by atoms with van der Waals surface area (Å²) in [5.41, 5.74) is 2.83. The summed E-state index contributed by atoms with van der Waals surface area (Å²) in [5, 5.41) is 7.19. The van der Waals surface area contributed by atoms with Gasteiger partial charge in [0.2, 0.25) is 0 Å². The normalized spacial score (nSPS) is 17.9. The first-order chi connectivity index (χ1) is 9.59. The van der Waals surface area contributed by atoms with Gasteiger partial charge in [-0.3, -0.25) is 0 Å². The molecule has 1 aliphatic heterocycles. The molecule has 0 radical (unpaired) electrons. The number of anilines is 1. The Bertz CT molecular complexity index is 404. The van der Waals surface area contributed by atoms with Gasteiger partial charge in [0.15, 0.2) is 0 Å². The minimum absolute atomic E-state index is 0.676. The maximum absolute atomic E-state index is 3.68. The Kier molecular flexibility index (Phi) is 5.47. The van der Waals surface area contributed by atoms with Gasteiger partial charge >= 0.3 is 0 Å². The monoisotopic (exact) mass is 274 g/mol. The fourth-order valence-electron chi connectivity index (χ4n) is 3.40. The van der Waals surface area contributed by atoms with Crippen LogP contribution in [0.4, 0.5) is 5.69 Å². The quantitative estimate of drug-likeness (QED) is 0.731. The van der Waals surface area contributed by atoms with E-state index >= 15 is 0 Å². The summed E-state index contributed by atoms with van der Waals surface area (Å²) >= 11 is 0. The third-order valence-corrected chi connectivity index (χ3v) is 4.70. The second kappa shape index (κ2) is 7.12. The van der Waals surface area contributed by atoms with E-state index in [2.05, 4.69) is 62.6 Å². The van der Waals surface area contributed by atoms with Crippen LogP contribution in [0.15, 0.2) is 24.3 Å². The van der Waals surface area contributed by atoms with Gasteiger partial charge in [-0.05, 0) is 48.9 Å². The molecule has 1 aliphatic rings. The largest absolute Gasteiger partial charge is 0.384 e. The first-order valence-corrected chi connectivity index (χ1v) is 8.13. The highest BCUT2D eigenvalue weighted by Gasteiger charge is 2.21. The Hall–Kier alpha value is -1.02. The maximum atomic E-state index is 3.68. The van der Waals surface area contributed by atoms with Crippen LogP contribution in [-0.2, 0) is 0 Å². The van der Waals surface area contributed by atoms with E-state index in [1.54, 1.807) is 0 Å². The van der Waals surface area contributed by atoms with Crippen LogP contribution in [0.3, 0.4) is 0 Å². The molecule has 1 heterocycles. The number of rotatable bonds is 7. The fourth-order valence-corrected chi connectivity index (χ4v) is 3.40. The predicted octanol–water partition coefficient (Wildman–Crippen LogP) is 4.10. The molecule has 0 fully saturated rings. The molecule has 0 bridgehead atoms. The second-order valence-electron chi connectivity index (χ2n) is 6.81. The van der Waals surface area contributed by atoms with E-state index in [0.29, 0.717) is 5.92 Å². The maximum Gasteiger partial charge on any atom is 0.0376 e. The lowest BCUT2D eigenvalue weighted by molar-refractivity contribution is 0.275. The lowest BCUT2D eigenvalue weighted by atomic mass is 9.85. The van der Waals surface area contributed by atoms with Gasteiger partial charge in [0.1, 0.15) is 0 Å². The van der Waals surface area contributed by atoms with Gasteiger partial charge < -0.3 is 10.6 Å². The van der Waals surface area contributed by atoms with Crippen LogP contribution >= 0.6 is 0 Å². The SMILES string of the molecule is CC(C)C(CNCCC1CNc2ccccc21)C(C)C. The molecular formula is C18H30N2. The van der Waals surface area contributed by atoms with E-state index in [-0.39, 0.29) is 0 Å². The van der Waals surface area contributed by atoms with Gasteiger partial charge in [-0.2, -0.15) is 0 Å². The summed E-state index contributed by atoms with van der Waals surface area (Å²) in [4.78, 5) is 0. The molecule has 0 aromatic heterocycles. The summed E-state index contributed by atoms with van der Waals surface area (Å²) in [6, 6.07) is 8.73. The average Bonchev–Trinajstić information content (AvgIpc) is 2.81. The third-order valence-electron chi connectivity index (χ3n) is 4.70. The van der Waals surface area contributed by atoms with Gasteiger partial charge in [0, 0.05) is 18.2 Å². The molecule has 0 spiro atoms. The molecule has 1 aromatic carbocycles. The highest BCUT2D eigenvalue weighted by molar-refractivity contribution is 5.57. The number of hydrogen-bond donors (Lipinski definition) is 2. The number of fused-ring (bicyclic) bond motifs is 1. The standard InChI is InChI=1S/C18H30N2/c1-13(2)17(14(3)4)12-19-10-9-15-11-20-18-8-6-5-7-16(15)18/h5-8,13-15,17,19-20H,9-12H2,1-4H3. The highest BCUT2D eigenvalue weighted by Crippen LogP contribution is 2.32. The lowest BCUT2D eigenvalue weighted by Crippen LogP contribution is -2.31. The van der Waals surface area contributed by atoms with Crippen molar-refractivity contribution >= 4 is 5.69 Å². The number of para-hydroxylation sites is 1. The number of hydrogen-bond acceptors (Lipinski definition) is 2. The van der Waals surface area contributed by atoms with Crippen molar-refractivity contribution in [3.8, 4) is 0 Å². The predicted molar refractivity (Wildman–Crippen MR) is 88.3 cm³/mol. The molecule has 1 aromatic rings. The molecule has 2 nitrogen and oxygen atoms in total. The van der Waals surface area contributed by atoms with Crippen molar-refractivity contribution in [2.24, 2.45) is 17.8 Å². The zero-order chi connectivity index (χ0) is 14.5. The van der Waals surface area contributed by atoms with Crippen molar-refractivity contribution in [3.05, 3.63) is 29.8 Å². The Labute approximate surface area is 124 Å². The van der Waals surface area contributed by atoms with E-state index in [1.807, 2.05) is 0 Å². The Morgan fingerprint density at radius 1 is 1.15 bits per heavy atom. The van der Waals surface area contributed by atoms with E-state index in [1.165, 1.54) is 17.7 Å².